The first-order valence-corrected chi connectivity index (χ1v) is 8.29. The molecule has 0 spiro atoms. The van der Waals surface area contributed by atoms with E-state index >= 15 is 0 Å². The van der Waals surface area contributed by atoms with Crippen LogP contribution in [0, 0.1) is 0 Å². The molecule has 3 rings (SSSR count). The third-order valence-electron chi connectivity index (χ3n) is 4.73. The van der Waals surface area contributed by atoms with Crippen molar-refractivity contribution in [3.05, 3.63) is 53.6 Å². The minimum atomic E-state index is -0.377. The van der Waals surface area contributed by atoms with Gasteiger partial charge in [0.1, 0.15) is 11.6 Å². The number of carbonyl (C=O) groups excluding carboxylic acids is 1. The lowest BCUT2D eigenvalue weighted by Crippen LogP contribution is -2.37. The molecule has 2 aromatic rings. The Morgan fingerprint density at radius 1 is 1.17 bits per heavy atom. The molecule has 5 heteroatoms. The summed E-state index contributed by atoms with van der Waals surface area (Å²) in [6, 6.07) is 8.26. The van der Waals surface area contributed by atoms with Crippen LogP contribution in [-0.2, 0) is 16.6 Å². The average Bonchev–Trinajstić information content (AvgIpc) is 2.59. The first-order chi connectivity index (χ1) is 11.7. The molecule has 0 saturated heterocycles. The quantitative estimate of drug-likeness (QED) is 0.762. The van der Waals surface area contributed by atoms with E-state index in [0.717, 1.165) is 30.8 Å². The molecule has 1 aliphatic rings. The highest BCUT2D eigenvalue weighted by Crippen LogP contribution is 2.46. The van der Waals surface area contributed by atoms with Crippen LogP contribution in [-0.4, -0.2) is 29.7 Å². The smallest absolute Gasteiger partial charge is 0.341 e. The van der Waals surface area contributed by atoms with Gasteiger partial charge in [-0.15, -0.1) is 0 Å². The topological polar surface area (TPSA) is 61.3 Å². The summed E-state index contributed by atoms with van der Waals surface area (Å²) in [7, 11) is 1.67. The minimum Gasteiger partial charge on any atom is -0.497 e. The minimum absolute atomic E-state index is 0.0950. The molecule has 0 amide bonds. The van der Waals surface area contributed by atoms with E-state index in [1.165, 1.54) is 12.0 Å². The van der Waals surface area contributed by atoms with Crippen molar-refractivity contribution < 1.29 is 14.3 Å². The van der Waals surface area contributed by atoms with Gasteiger partial charge in [0.15, 0.2) is 0 Å². The van der Waals surface area contributed by atoms with Crippen molar-refractivity contribution in [3.8, 4) is 5.75 Å². The van der Waals surface area contributed by atoms with Crippen LogP contribution in [0.15, 0.2) is 36.7 Å². The number of methoxy groups -OCH3 is 1. The fourth-order valence-corrected chi connectivity index (χ4v) is 3.18. The van der Waals surface area contributed by atoms with E-state index < -0.39 is 0 Å². The van der Waals surface area contributed by atoms with E-state index in [1.807, 2.05) is 12.1 Å². The van der Waals surface area contributed by atoms with E-state index in [-0.39, 0.29) is 11.4 Å². The summed E-state index contributed by atoms with van der Waals surface area (Å²) in [5.74, 6) is 1.25. The summed E-state index contributed by atoms with van der Waals surface area (Å²) in [5.41, 5.74) is 1.79. The van der Waals surface area contributed by atoms with Crippen molar-refractivity contribution in [2.75, 3.05) is 13.7 Å². The van der Waals surface area contributed by atoms with Gasteiger partial charge in [0, 0.05) is 24.2 Å². The summed E-state index contributed by atoms with van der Waals surface area (Å²) >= 11 is 0. The van der Waals surface area contributed by atoms with Crippen LogP contribution in [0.4, 0.5) is 0 Å². The zero-order chi connectivity index (χ0) is 17.0. The number of rotatable bonds is 6. The average molecular weight is 326 g/mol. The molecule has 0 bridgehead atoms. The molecule has 1 aliphatic carbocycles. The van der Waals surface area contributed by atoms with Gasteiger partial charge >= 0.3 is 5.97 Å². The first kappa shape index (κ1) is 16.4. The van der Waals surface area contributed by atoms with Crippen molar-refractivity contribution >= 4 is 5.97 Å². The fourth-order valence-electron chi connectivity index (χ4n) is 3.18. The van der Waals surface area contributed by atoms with Gasteiger partial charge in [-0.1, -0.05) is 18.6 Å². The molecule has 0 atom stereocenters. The summed E-state index contributed by atoms with van der Waals surface area (Å²) in [4.78, 5) is 20.4. The summed E-state index contributed by atoms with van der Waals surface area (Å²) in [5, 5.41) is 0. The van der Waals surface area contributed by atoms with Crippen molar-refractivity contribution in [2.45, 2.75) is 38.0 Å². The monoisotopic (exact) mass is 326 g/mol. The molecule has 126 valence electrons. The number of nitrogens with zero attached hydrogens (tertiary/aromatic N) is 2. The van der Waals surface area contributed by atoms with Crippen LogP contribution in [0.1, 0.15) is 47.9 Å². The highest BCUT2D eigenvalue weighted by Gasteiger charge is 2.39. The summed E-state index contributed by atoms with van der Waals surface area (Å²) in [6.07, 6.45) is 7.36. The number of carbonyl (C=O) groups is 1. The zero-order valence-corrected chi connectivity index (χ0v) is 14.1. The maximum atomic E-state index is 11.7. The summed E-state index contributed by atoms with van der Waals surface area (Å²) in [6.45, 7) is 2.13. The van der Waals surface area contributed by atoms with Gasteiger partial charge in [0.25, 0.3) is 0 Å². The molecule has 0 aliphatic heterocycles. The van der Waals surface area contributed by atoms with Crippen molar-refractivity contribution in [1.82, 2.24) is 9.97 Å². The van der Waals surface area contributed by atoms with Crippen LogP contribution in [0.2, 0.25) is 0 Å². The molecular formula is C19H22N2O3. The Balaban J connectivity index is 1.76. The molecule has 5 nitrogen and oxygen atoms in total. The maximum absolute atomic E-state index is 11.7. The second-order valence-corrected chi connectivity index (χ2v) is 6.15. The molecule has 1 aromatic carbocycles. The Bertz CT molecular complexity index is 692. The Kier molecular flexibility index (Phi) is 4.79. The Labute approximate surface area is 142 Å². The van der Waals surface area contributed by atoms with Crippen LogP contribution in [0.3, 0.4) is 0 Å². The number of hydrogen-bond donors (Lipinski definition) is 0. The lowest BCUT2D eigenvalue weighted by molar-refractivity contribution is 0.0525. The predicted molar refractivity (Wildman–Crippen MR) is 90.2 cm³/mol. The van der Waals surface area contributed by atoms with Crippen LogP contribution in [0.25, 0.3) is 0 Å². The number of ether oxygens (including phenoxy) is 2. The number of benzene rings is 1. The third-order valence-corrected chi connectivity index (χ3v) is 4.73. The Hall–Kier alpha value is -2.43. The van der Waals surface area contributed by atoms with Crippen LogP contribution in [0.5, 0.6) is 5.75 Å². The van der Waals surface area contributed by atoms with E-state index in [9.17, 15) is 4.79 Å². The van der Waals surface area contributed by atoms with Gasteiger partial charge in [-0.2, -0.15) is 0 Å². The second-order valence-electron chi connectivity index (χ2n) is 6.15. The maximum Gasteiger partial charge on any atom is 0.341 e. The van der Waals surface area contributed by atoms with E-state index in [4.69, 9.17) is 9.47 Å². The van der Waals surface area contributed by atoms with Crippen molar-refractivity contribution in [1.29, 1.82) is 0 Å². The lowest BCUT2D eigenvalue weighted by atomic mass is 9.62. The van der Waals surface area contributed by atoms with Gasteiger partial charge in [0.2, 0.25) is 0 Å². The first-order valence-electron chi connectivity index (χ1n) is 8.29. The summed E-state index contributed by atoms with van der Waals surface area (Å²) < 4.78 is 10.2. The highest BCUT2D eigenvalue weighted by atomic mass is 16.5. The van der Waals surface area contributed by atoms with Crippen LogP contribution < -0.4 is 4.74 Å². The molecule has 1 fully saturated rings. The van der Waals surface area contributed by atoms with E-state index in [1.54, 1.807) is 26.4 Å². The molecular weight excluding hydrogens is 304 g/mol. The second kappa shape index (κ2) is 6.99. The third kappa shape index (κ3) is 3.25. The van der Waals surface area contributed by atoms with Gasteiger partial charge in [-0.25, -0.2) is 14.8 Å². The van der Waals surface area contributed by atoms with Crippen molar-refractivity contribution in [3.63, 3.8) is 0 Å². The van der Waals surface area contributed by atoms with Gasteiger partial charge in [-0.05, 0) is 37.5 Å². The number of aromatic nitrogens is 2. The van der Waals surface area contributed by atoms with Gasteiger partial charge < -0.3 is 9.47 Å². The lowest BCUT2D eigenvalue weighted by Gasteiger charge is -2.42. The Morgan fingerprint density at radius 3 is 2.33 bits per heavy atom. The molecule has 1 heterocycles. The molecule has 1 saturated carbocycles. The fraction of sp³-hybridized carbons (Fsp3) is 0.421. The predicted octanol–water partition coefficient (Wildman–Crippen LogP) is 3.33. The molecule has 0 unspecified atom stereocenters. The molecule has 24 heavy (non-hydrogen) atoms. The van der Waals surface area contributed by atoms with Crippen molar-refractivity contribution in [2.24, 2.45) is 0 Å². The SMILES string of the molecule is CCOC(=O)c1cnc(CC2(c3ccc(OC)cc3)CCC2)nc1. The highest BCUT2D eigenvalue weighted by molar-refractivity contribution is 5.88. The largest absolute Gasteiger partial charge is 0.497 e. The molecule has 0 N–H and O–H groups in total. The number of esters is 1. The van der Waals surface area contributed by atoms with Gasteiger partial charge in [0.05, 0.1) is 19.3 Å². The number of hydrogen-bond acceptors (Lipinski definition) is 5. The zero-order valence-electron chi connectivity index (χ0n) is 14.1. The normalized spacial score (nSPS) is 15.4. The van der Waals surface area contributed by atoms with E-state index in [2.05, 4.69) is 22.1 Å². The Morgan fingerprint density at radius 2 is 1.83 bits per heavy atom. The van der Waals surface area contributed by atoms with E-state index in [0.29, 0.717) is 12.2 Å². The van der Waals surface area contributed by atoms with Crippen LogP contribution >= 0.6 is 0 Å². The molecule has 1 aromatic heterocycles. The molecule has 0 radical (unpaired) electrons. The standard InChI is InChI=1S/C19H22N2O3/c1-3-24-18(22)14-12-20-17(21-13-14)11-19(9-4-10-19)15-5-7-16(23-2)8-6-15/h5-8,12-13H,3-4,9-11H2,1-2H3. The van der Waals surface area contributed by atoms with Gasteiger partial charge in [-0.3, -0.25) is 0 Å².